The molecular formula is C20H24N2O2. The standard InChI is InChI=1S/C20H24N2O2/c1-19(2,3)24-16-11-10-13(14-8-6-7-9-15(14)16)12-17-20(4,5)18(23)22-21-17/h6-12,21H,1-5H3,(H,22,23)/b17-12-. The number of fused-ring (bicyclic) bond motifs is 1. The lowest BCUT2D eigenvalue weighted by molar-refractivity contribution is -0.125. The molecule has 126 valence electrons. The topological polar surface area (TPSA) is 50.4 Å². The Morgan fingerprint density at radius 1 is 1.00 bits per heavy atom. The molecule has 1 aliphatic heterocycles. The minimum atomic E-state index is -0.568. The molecule has 0 atom stereocenters. The zero-order chi connectivity index (χ0) is 17.5. The van der Waals surface area contributed by atoms with Crippen molar-refractivity contribution in [2.24, 2.45) is 5.41 Å². The van der Waals surface area contributed by atoms with Gasteiger partial charge in [-0.3, -0.25) is 10.2 Å². The Labute approximate surface area is 142 Å². The van der Waals surface area contributed by atoms with E-state index in [1.165, 1.54) is 0 Å². The summed E-state index contributed by atoms with van der Waals surface area (Å²) in [6.45, 7) is 9.95. The summed E-state index contributed by atoms with van der Waals surface area (Å²) in [4.78, 5) is 11.9. The predicted molar refractivity (Wildman–Crippen MR) is 97.4 cm³/mol. The Balaban J connectivity index is 2.11. The number of carbonyl (C=O) groups excluding carboxylic acids is 1. The van der Waals surface area contributed by atoms with Crippen molar-refractivity contribution >= 4 is 22.8 Å². The third-order valence-electron chi connectivity index (χ3n) is 4.19. The molecule has 4 heteroatoms. The largest absolute Gasteiger partial charge is 0.488 e. The Kier molecular flexibility index (Phi) is 3.78. The molecule has 0 unspecified atom stereocenters. The summed E-state index contributed by atoms with van der Waals surface area (Å²) in [5.74, 6) is 0.846. The van der Waals surface area contributed by atoms with Gasteiger partial charge in [-0.05, 0) is 57.7 Å². The van der Waals surface area contributed by atoms with Gasteiger partial charge < -0.3 is 10.2 Å². The molecule has 1 amide bonds. The van der Waals surface area contributed by atoms with E-state index >= 15 is 0 Å². The average Bonchev–Trinajstić information content (AvgIpc) is 2.75. The third-order valence-corrected chi connectivity index (χ3v) is 4.19. The average molecular weight is 324 g/mol. The Bertz CT molecular complexity index is 829. The van der Waals surface area contributed by atoms with Crippen molar-refractivity contribution in [3.63, 3.8) is 0 Å². The van der Waals surface area contributed by atoms with Gasteiger partial charge in [0.1, 0.15) is 11.4 Å². The van der Waals surface area contributed by atoms with Gasteiger partial charge in [-0.15, -0.1) is 0 Å². The molecule has 0 bridgehead atoms. The molecule has 0 aliphatic carbocycles. The first kappa shape index (κ1) is 16.4. The van der Waals surface area contributed by atoms with Crippen molar-refractivity contribution in [3.8, 4) is 5.75 Å². The van der Waals surface area contributed by atoms with Crippen LogP contribution in [0.2, 0.25) is 0 Å². The van der Waals surface area contributed by atoms with Crippen LogP contribution in [0.15, 0.2) is 42.1 Å². The lowest BCUT2D eigenvalue weighted by Crippen LogP contribution is -2.28. The fourth-order valence-electron chi connectivity index (χ4n) is 2.77. The normalized spacial score (nSPS) is 18.5. The number of nitrogens with one attached hydrogen (secondary N) is 2. The predicted octanol–water partition coefficient (Wildman–Crippen LogP) is 4.02. The summed E-state index contributed by atoms with van der Waals surface area (Å²) in [7, 11) is 0. The van der Waals surface area contributed by atoms with Gasteiger partial charge in [0.25, 0.3) is 0 Å². The molecule has 4 nitrogen and oxygen atoms in total. The summed E-state index contributed by atoms with van der Waals surface area (Å²) < 4.78 is 6.10. The first-order valence-electron chi connectivity index (χ1n) is 8.18. The second-order valence-electron chi connectivity index (χ2n) is 7.68. The second kappa shape index (κ2) is 5.55. The second-order valence-corrected chi connectivity index (χ2v) is 7.68. The van der Waals surface area contributed by atoms with E-state index in [0.717, 1.165) is 27.8 Å². The third kappa shape index (κ3) is 2.96. The maximum absolute atomic E-state index is 11.9. The molecule has 0 spiro atoms. The van der Waals surface area contributed by atoms with Crippen LogP contribution in [0.4, 0.5) is 0 Å². The number of amides is 1. The Morgan fingerprint density at radius 2 is 1.67 bits per heavy atom. The van der Waals surface area contributed by atoms with Crippen LogP contribution in [0.5, 0.6) is 5.75 Å². The minimum absolute atomic E-state index is 0.0225. The maximum Gasteiger partial charge on any atom is 0.249 e. The first-order chi connectivity index (χ1) is 11.2. The molecule has 2 N–H and O–H groups in total. The van der Waals surface area contributed by atoms with Crippen LogP contribution in [0.25, 0.3) is 16.8 Å². The molecule has 24 heavy (non-hydrogen) atoms. The van der Waals surface area contributed by atoms with Crippen LogP contribution in [0.3, 0.4) is 0 Å². The number of carbonyl (C=O) groups is 1. The molecule has 2 aromatic rings. The molecule has 1 aliphatic rings. The number of hydrogen-bond donors (Lipinski definition) is 2. The van der Waals surface area contributed by atoms with Crippen LogP contribution in [-0.2, 0) is 4.79 Å². The molecule has 1 fully saturated rings. The van der Waals surface area contributed by atoms with Gasteiger partial charge in [-0.25, -0.2) is 0 Å². The van der Waals surface area contributed by atoms with Crippen molar-refractivity contribution in [2.75, 3.05) is 0 Å². The molecular weight excluding hydrogens is 300 g/mol. The van der Waals surface area contributed by atoms with Crippen molar-refractivity contribution in [1.29, 1.82) is 0 Å². The van der Waals surface area contributed by atoms with Gasteiger partial charge >= 0.3 is 0 Å². The maximum atomic E-state index is 11.9. The zero-order valence-corrected chi connectivity index (χ0v) is 14.9. The van der Waals surface area contributed by atoms with E-state index < -0.39 is 5.41 Å². The highest BCUT2D eigenvalue weighted by Gasteiger charge is 2.37. The van der Waals surface area contributed by atoms with E-state index in [-0.39, 0.29) is 11.5 Å². The zero-order valence-electron chi connectivity index (χ0n) is 14.9. The Hall–Kier alpha value is -2.49. The summed E-state index contributed by atoms with van der Waals surface area (Å²) >= 11 is 0. The van der Waals surface area contributed by atoms with Gasteiger partial charge in [-0.1, -0.05) is 30.3 Å². The molecule has 2 aromatic carbocycles. The number of rotatable bonds is 2. The Morgan fingerprint density at radius 3 is 2.25 bits per heavy atom. The van der Waals surface area contributed by atoms with Crippen LogP contribution in [-0.4, -0.2) is 11.5 Å². The fourth-order valence-corrected chi connectivity index (χ4v) is 2.77. The number of hydrogen-bond acceptors (Lipinski definition) is 3. The summed E-state index contributed by atoms with van der Waals surface area (Å²) in [6, 6.07) is 12.2. The summed E-state index contributed by atoms with van der Waals surface area (Å²) in [5.41, 5.74) is 6.78. The van der Waals surface area contributed by atoms with Crippen LogP contribution < -0.4 is 15.6 Å². The van der Waals surface area contributed by atoms with Crippen LogP contribution >= 0.6 is 0 Å². The highest BCUT2D eigenvalue weighted by Crippen LogP contribution is 2.34. The summed E-state index contributed by atoms with van der Waals surface area (Å²) in [6.07, 6.45) is 2.03. The molecule has 0 radical (unpaired) electrons. The number of hydrazine groups is 1. The van der Waals surface area contributed by atoms with E-state index in [1.807, 2.05) is 65.0 Å². The van der Waals surface area contributed by atoms with Crippen molar-refractivity contribution in [3.05, 3.63) is 47.7 Å². The van der Waals surface area contributed by atoms with E-state index in [0.29, 0.717) is 0 Å². The highest BCUT2D eigenvalue weighted by molar-refractivity contribution is 5.96. The monoisotopic (exact) mass is 324 g/mol. The molecule has 0 saturated carbocycles. The first-order valence-corrected chi connectivity index (χ1v) is 8.18. The molecule has 1 saturated heterocycles. The highest BCUT2D eigenvalue weighted by atomic mass is 16.5. The van der Waals surface area contributed by atoms with Crippen molar-refractivity contribution in [2.45, 2.75) is 40.2 Å². The van der Waals surface area contributed by atoms with Crippen molar-refractivity contribution in [1.82, 2.24) is 10.9 Å². The van der Waals surface area contributed by atoms with Crippen molar-refractivity contribution < 1.29 is 9.53 Å². The van der Waals surface area contributed by atoms with Gasteiger partial charge in [0, 0.05) is 11.1 Å². The SMILES string of the molecule is CC(C)(C)Oc1ccc(/C=C2\NNC(=O)C2(C)C)c2ccccc12. The summed E-state index contributed by atoms with van der Waals surface area (Å²) in [5, 5.41) is 2.17. The fraction of sp³-hybridized carbons (Fsp3) is 0.350. The number of benzene rings is 2. The number of ether oxygens (including phenoxy) is 1. The van der Waals surface area contributed by atoms with Crippen LogP contribution in [0, 0.1) is 5.41 Å². The van der Waals surface area contributed by atoms with E-state index in [1.54, 1.807) is 0 Å². The smallest absolute Gasteiger partial charge is 0.249 e. The van der Waals surface area contributed by atoms with Gasteiger partial charge in [0.15, 0.2) is 0 Å². The molecule has 1 heterocycles. The molecule has 3 rings (SSSR count). The lowest BCUT2D eigenvalue weighted by Gasteiger charge is -2.23. The van der Waals surface area contributed by atoms with Crippen LogP contribution in [0.1, 0.15) is 40.2 Å². The van der Waals surface area contributed by atoms with E-state index in [9.17, 15) is 4.79 Å². The van der Waals surface area contributed by atoms with E-state index in [4.69, 9.17) is 4.74 Å². The quantitative estimate of drug-likeness (QED) is 0.877. The van der Waals surface area contributed by atoms with Gasteiger partial charge in [0.2, 0.25) is 5.91 Å². The lowest BCUT2D eigenvalue weighted by atomic mass is 9.88. The van der Waals surface area contributed by atoms with Gasteiger partial charge in [-0.2, -0.15) is 0 Å². The molecule has 0 aromatic heterocycles. The van der Waals surface area contributed by atoms with Gasteiger partial charge in [0.05, 0.1) is 5.41 Å². The van der Waals surface area contributed by atoms with E-state index in [2.05, 4.69) is 23.0 Å². The minimum Gasteiger partial charge on any atom is -0.488 e.